The quantitative estimate of drug-likeness (QED) is 0.362. The summed E-state index contributed by atoms with van der Waals surface area (Å²) in [7, 11) is -1.40. The molecule has 0 N–H and O–H groups in total. The fourth-order valence-corrected chi connectivity index (χ4v) is 1.58. The third kappa shape index (κ3) is 2.86. The zero-order valence-electron chi connectivity index (χ0n) is 8.63. The van der Waals surface area contributed by atoms with Gasteiger partial charge in [0.1, 0.15) is 8.07 Å². The van der Waals surface area contributed by atoms with Crippen LogP contribution in [0.1, 0.15) is 0 Å². The summed E-state index contributed by atoms with van der Waals surface area (Å²) in [6.07, 6.45) is 2.55. The van der Waals surface area contributed by atoms with Gasteiger partial charge in [0.25, 0.3) is 11.8 Å². The van der Waals surface area contributed by atoms with Crippen LogP contribution in [0.3, 0.4) is 0 Å². The number of hydrogen-bond acceptors (Lipinski definition) is 2. The molecule has 0 bridgehead atoms. The van der Waals surface area contributed by atoms with E-state index < -0.39 is 8.07 Å². The highest BCUT2D eigenvalue weighted by atomic mass is 28.3. The van der Waals surface area contributed by atoms with E-state index in [4.69, 9.17) is 0 Å². The van der Waals surface area contributed by atoms with Crippen molar-refractivity contribution in [1.29, 1.82) is 0 Å². The lowest BCUT2D eigenvalue weighted by molar-refractivity contribution is -0.135. The molecule has 1 rings (SSSR count). The summed E-state index contributed by atoms with van der Waals surface area (Å²) in [6, 6.07) is 0. The molecule has 1 aliphatic heterocycles. The van der Waals surface area contributed by atoms with Gasteiger partial charge < -0.3 is 0 Å². The normalized spacial score (nSPS) is 15.8. The highest BCUT2D eigenvalue weighted by Crippen LogP contribution is 2.02. The van der Waals surface area contributed by atoms with Crippen LogP contribution in [0, 0.1) is 11.5 Å². The molecule has 3 nitrogen and oxygen atoms in total. The highest BCUT2D eigenvalue weighted by Gasteiger charge is 2.21. The zero-order chi connectivity index (χ0) is 10.8. The summed E-state index contributed by atoms with van der Waals surface area (Å²) in [6.45, 7) is 6.57. The molecule has 0 atom stereocenters. The van der Waals surface area contributed by atoms with Crippen molar-refractivity contribution in [3.8, 4) is 11.5 Å². The monoisotopic (exact) mass is 207 g/mol. The van der Waals surface area contributed by atoms with Crippen LogP contribution in [0.2, 0.25) is 19.6 Å². The first-order chi connectivity index (χ1) is 6.40. The fraction of sp³-hybridized carbons (Fsp3) is 0.400. The first kappa shape index (κ1) is 10.7. The summed E-state index contributed by atoms with van der Waals surface area (Å²) in [4.78, 5) is 23.4. The van der Waals surface area contributed by atoms with E-state index in [0.29, 0.717) is 0 Å². The van der Waals surface area contributed by atoms with Crippen molar-refractivity contribution in [1.82, 2.24) is 4.90 Å². The Hall–Kier alpha value is -1.34. The lowest BCUT2D eigenvalue weighted by Gasteiger charge is -2.09. The molecule has 0 spiro atoms. The summed E-state index contributed by atoms with van der Waals surface area (Å²) >= 11 is 0. The maximum atomic E-state index is 11.1. The molecule has 0 aliphatic carbocycles. The van der Waals surface area contributed by atoms with Crippen molar-refractivity contribution >= 4 is 19.9 Å². The second kappa shape index (κ2) is 3.80. The molecule has 2 amide bonds. The topological polar surface area (TPSA) is 37.4 Å². The lowest BCUT2D eigenvalue weighted by Crippen LogP contribution is -2.30. The molecule has 0 aromatic carbocycles. The second-order valence-corrected chi connectivity index (χ2v) is 8.90. The predicted molar refractivity (Wildman–Crippen MR) is 57.0 cm³/mol. The molecule has 14 heavy (non-hydrogen) atoms. The molecule has 0 unspecified atom stereocenters. The Balaban J connectivity index is 2.58. The summed E-state index contributed by atoms with van der Waals surface area (Å²) in [5.74, 6) is 2.36. The van der Waals surface area contributed by atoms with Crippen LogP contribution in [0.25, 0.3) is 0 Å². The van der Waals surface area contributed by atoms with Gasteiger partial charge in [-0.3, -0.25) is 14.5 Å². The summed E-state index contributed by atoms with van der Waals surface area (Å²) < 4.78 is 0. The maximum Gasteiger partial charge on any atom is 0.254 e. The van der Waals surface area contributed by atoms with Gasteiger partial charge in [0, 0.05) is 12.2 Å². The number of nitrogens with zero attached hydrogens (tertiary/aromatic N) is 1. The minimum Gasteiger partial charge on any atom is -0.269 e. The van der Waals surface area contributed by atoms with Crippen molar-refractivity contribution < 1.29 is 9.59 Å². The molecule has 0 aromatic heterocycles. The third-order valence-electron chi connectivity index (χ3n) is 1.60. The molecule has 0 aromatic rings. The van der Waals surface area contributed by atoms with Crippen LogP contribution in [0.15, 0.2) is 12.2 Å². The van der Waals surface area contributed by atoms with Crippen molar-refractivity contribution in [3.05, 3.63) is 12.2 Å². The van der Waals surface area contributed by atoms with E-state index >= 15 is 0 Å². The second-order valence-electron chi connectivity index (χ2n) is 4.15. The van der Waals surface area contributed by atoms with Crippen molar-refractivity contribution in [2.24, 2.45) is 0 Å². The number of imide groups is 1. The Labute approximate surface area is 84.8 Å². The molecule has 4 heteroatoms. The largest absolute Gasteiger partial charge is 0.269 e. The maximum absolute atomic E-state index is 11.1. The molecule has 1 aliphatic rings. The van der Waals surface area contributed by atoms with Gasteiger partial charge in [0.2, 0.25) is 0 Å². The van der Waals surface area contributed by atoms with Crippen molar-refractivity contribution in [3.63, 3.8) is 0 Å². The van der Waals surface area contributed by atoms with Crippen molar-refractivity contribution in [2.75, 3.05) is 6.54 Å². The first-order valence-corrected chi connectivity index (χ1v) is 7.94. The SMILES string of the molecule is C[Si](C)(C)C#CCN1C(=O)C=CC1=O. The van der Waals surface area contributed by atoms with Gasteiger partial charge in [0.15, 0.2) is 0 Å². The van der Waals surface area contributed by atoms with Gasteiger partial charge in [-0.25, -0.2) is 0 Å². The molecule has 0 fully saturated rings. The van der Waals surface area contributed by atoms with Gasteiger partial charge in [-0.05, 0) is 0 Å². The Morgan fingerprint density at radius 2 is 1.71 bits per heavy atom. The number of carbonyl (C=O) groups excluding carboxylic acids is 2. The molecule has 74 valence electrons. The number of carbonyl (C=O) groups is 2. The van der Waals surface area contributed by atoms with E-state index in [0.717, 1.165) is 4.90 Å². The van der Waals surface area contributed by atoms with Crippen LogP contribution in [0.5, 0.6) is 0 Å². The standard InChI is InChI=1S/C10H13NO2Si/c1-14(2,3)8-4-7-11-9(12)5-6-10(11)13/h5-6H,7H2,1-3H3. The van der Waals surface area contributed by atoms with Gasteiger partial charge in [-0.1, -0.05) is 25.6 Å². The van der Waals surface area contributed by atoms with Crippen LogP contribution in [0.4, 0.5) is 0 Å². The summed E-state index contributed by atoms with van der Waals surface area (Å²) in [5, 5.41) is 0. The number of rotatable bonds is 1. The van der Waals surface area contributed by atoms with Crippen LogP contribution in [-0.4, -0.2) is 31.3 Å². The van der Waals surface area contributed by atoms with E-state index in [-0.39, 0.29) is 18.4 Å². The fourth-order valence-electron chi connectivity index (χ4n) is 0.971. The molecule has 1 heterocycles. The predicted octanol–water partition coefficient (Wildman–Crippen LogP) is 0.792. The number of amides is 2. The van der Waals surface area contributed by atoms with Crippen LogP contribution < -0.4 is 0 Å². The van der Waals surface area contributed by atoms with Gasteiger partial charge in [-0.2, -0.15) is 0 Å². The van der Waals surface area contributed by atoms with E-state index in [2.05, 4.69) is 31.1 Å². The van der Waals surface area contributed by atoms with Gasteiger partial charge >= 0.3 is 0 Å². The Morgan fingerprint density at radius 3 is 2.14 bits per heavy atom. The first-order valence-electron chi connectivity index (χ1n) is 4.44. The lowest BCUT2D eigenvalue weighted by atomic mass is 10.5. The van der Waals surface area contributed by atoms with Crippen LogP contribution in [-0.2, 0) is 9.59 Å². The molecule has 0 saturated carbocycles. The van der Waals surface area contributed by atoms with E-state index in [9.17, 15) is 9.59 Å². The molecular weight excluding hydrogens is 194 g/mol. The Bertz CT molecular complexity index is 337. The molecule has 0 saturated heterocycles. The summed E-state index contributed by atoms with van der Waals surface area (Å²) in [5.41, 5.74) is 3.10. The Morgan fingerprint density at radius 1 is 1.21 bits per heavy atom. The third-order valence-corrected chi connectivity index (χ3v) is 2.53. The van der Waals surface area contributed by atoms with Crippen molar-refractivity contribution in [2.45, 2.75) is 19.6 Å². The molecule has 0 radical (unpaired) electrons. The average Bonchev–Trinajstić information content (AvgIpc) is 2.33. The van der Waals surface area contributed by atoms with E-state index in [1.807, 2.05) is 0 Å². The molecular formula is C10H13NO2Si. The van der Waals surface area contributed by atoms with Gasteiger partial charge in [0.05, 0.1) is 6.54 Å². The van der Waals surface area contributed by atoms with Crippen LogP contribution >= 0.6 is 0 Å². The van der Waals surface area contributed by atoms with E-state index in [1.165, 1.54) is 12.2 Å². The average molecular weight is 207 g/mol. The minimum absolute atomic E-state index is 0.217. The van der Waals surface area contributed by atoms with E-state index in [1.54, 1.807) is 0 Å². The highest BCUT2D eigenvalue weighted by molar-refractivity contribution is 6.83. The zero-order valence-corrected chi connectivity index (χ0v) is 9.63. The number of hydrogen-bond donors (Lipinski definition) is 0. The Kier molecular flexibility index (Phi) is 2.92. The smallest absolute Gasteiger partial charge is 0.254 e. The minimum atomic E-state index is -1.40. The van der Waals surface area contributed by atoms with Gasteiger partial charge in [-0.15, -0.1) is 5.54 Å².